The van der Waals surface area contributed by atoms with Crippen LogP contribution < -0.4 is 5.32 Å². The summed E-state index contributed by atoms with van der Waals surface area (Å²) in [6.45, 7) is -0.386. The molecule has 2 heterocycles. The largest absolute Gasteiger partial charge is 0.390 e. The minimum atomic E-state index is -3.33. The van der Waals surface area contributed by atoms with Gasteiger partial charge in [-0.2, -0.15) is 0 Å². The summed E-state index contributed by atoms with van der Waals surface area (Å²) in [5.74, 6) is -4.03. The number of nitrogens with one attached hydrogen (secondary N) is 1. The number of nitrogens with zero attached hydrogens (tertiary/aromatic N) is 2. The van der Waals surface area contributed by atoms with E-state index in [-0.39, 0.29) is 5.69 Å². The number of pyridine rings is 1. The van der Waals surface area contributed by atoms with Crippen LogP contribution in [0.25, 0.3) is 5.65 Å². The zero-order valence-electron chi connectivity index (χ0n) is 10.2. The maximum Gasteiger partial charge on any atom is 0.287 e. The smallest absolute Gasteiger partial charge is 0.287 e. The van der Waals surface area contributed by atoms with Crippen LogP contribution in [0.1, 0.15) is 16.2 Å². The van der Waals surface area contributed by atoms with Crippen molar-refractivity contribution >= 4 is 11.6 Å². The van der Waals surface area contributed by atoms with E-state index < -0.39 is 25.0 Å². The van der Waals surface area contributed by atoms with Gasteiger partial charge in [-0.05, 0) is 19.1 Å². The number of hydrogen-bond donors (Lipinski definition) is 2. The summed E-state index contributed by atoms with van der Waals surface area (Å²) < 4.78 is 27.3. The van der Waals surface area contributed by atoms with Crippen molar-refractivity contribution in [1.82, 2.24) is 14.7 Å². The lowest BCUT2D eigenvalue weighted by molar-refractivity contribution is -0.0462. The predicted molar refractivity (Wildman–Crippen MR) is 64.3 cm³/mol. The van der Waals surface area contributed by atoms with E-state index in [1.54, 1.807) is 16.5 Å². The Balaban J connectivity index is 2.16. The van der Waals surface area contributed by atoms with Gasteiger partial charge in [-0.1, -0.05) is 6.07 Å². The highest BCUT2D eigenvalue weighted by Gasteiger charge is 2.28. The molecule has 0 radical (unpaired) electrons. The molecule has 5 nitrogen and oxygen atoms in total. The third-order valence-corrected chi connectivity index (χ3v) is 2.67. The quantitative estimate of drug-likeness (QED) is 0.870. The van der Waals surface area contributed by atoms with E-state index in [9.17, 15) is 13.6 Å². The van der Waals surface area contributed by atoms with E-state index in [1.165, 1.54) is 6.20 Å². The van der Waals surface area contributed by atoms with Gasteiger partial charge in [-0.3, -0.25) is 4.79 Å². The predicted octanol–water partition coefficient (Wildman–Crippen LogP) is 1.00. The van der Waals surface area contributed by atoms with Crippen molar-refractivity contribution in [2.45, 2.75) is 12.8 Å². The van der Waals surface area contributed by atoms with Crippen molar-refractivity contribution in [3.05, 3.63) is 35.8 Å². The second kappa shape index (κ2) is 4.93. The first-order valence-electron chi connectivity index (χ1n) is 5.64. The summed E-state index contributed by atoms with van der Waals surface area (Å²) >= 11 is 0. The summed E-state index contributed by atoms with van der Waals surface area (Å²) in [4.78, 5) is 15.7. The third kappa shape index (κ3) is 2.87. The summed E-state index contributed by atoms with van der Waals surface area (Å²) in [5.41, 5.74) is 1.51. The van der Waals surface area contributed by atoms with Crippen LogP contribution in [0.5, 0.6) is 0 Å². The number of rotatable bonds is 4. The number of aromatic nitrogens is 2. The molecule has 2 aromatic heterocycles. The topological polar surface area (TPSA) is 66.6 Å². The molecule has 0 fully saturated rings. The van der Waals surface area contributed by atoms with Crippen molar-refractivity contribution in [3.8, 4) is 0 Å². The van der Waals surface area contributed by atoms with E-state index in [4.69, 9.17) is 5.11 Å². The first kappa shape index (κ1) is 13.4. The molecular weight excluding hydrogens is 256 g/mol. The minimum Gasteiger partial charge on any atom is -0.390 e. The fraction of sp³-hybridized carbons (Fsp3) is 0.333. The summed E-state index contributed by atoms with van der Waals surface area (Å²) in [5, 5.41) is 10.5. The molecule has 7 heteroatoms. The Hall–Kier alpha value is -2.02. The van der Waals surface area contributed by atoms with Crippen LogP contribution in [0.3, 0.4) is 0 Å². The van der Waals surface area contributed by atoms with Gasteiger partial charge in [0.1, 0.15) is 17.9 Å². The van der Waals surface area contributed by atoms with Crippen LogP contribution >= 0.6 is 0 Å². The maximum atomic E-state index is 12.8. The van der Waals surface area contributed by atoms with Gasteiger partial charge in [0.05, 0.1) is 6.54 Å². The van der Waals surface area contributed by atoms with E-state index in [0.29, 0.717) is 5.65 Å². The zero-order chi connectivity index (χ0) is 14.0. The number of carbonyl (C=O) groups is 1. The van der Waals surface area contributed by atoms with Crippen LogP contribution in [-0.2, 0) is 0 Å². The zero-order valence-corrected chi connectivity index (χ0v) is 10.2. The molecular formula is C12H13F2N3O2. The molecule has 2 N–H and O–H groups in total. The van der Waals surface area contributed by atoms with Gasteiger partial charge in [0.25, 0.3) is 11.8 Å². The minimum absolute atomic E-state index is 0.0584. The number of carbonyl (C=O) groups excluding carboxylic acids is 1. The monoisotopic (exact) mass is 269 g/mol. The lowest BCUT2D eigenvalue weighted by atomic mass is 10.3. The Morgan fingerprint density at radius 3 is 2.89 bits per heavy atom. The average Bonchev–Trinajstić information content (AvgIpc) is 2.81. The third-order valence-electron chi connectivity index (χ3n) is 2.67. The molecule has 0 bridgehead atoms. The Morgan fingerprint density at radius 1 is 1.53 bits per heavy atom. The lowest BCUT2D eigenvalue weighted by Crippen LogP contribution is -2.39. The van der Waals surface area contributed by atoms with Gasteiger partial charge in [-0.15, -0.1) is 0 Å². The molecule has 0 atom stereocenters. The van der Waals surface area contributed by atoms with Crippen LogP contribution in [0.4, 0.5) is 8.78 Å². The van der Waals surface area contributed by atoms with Gasteiger partial charge in [0, 0.05) is 11.9 Å². The Bertz CT molecular complexity index is 610. The van der Waals surface area contributed by atoms with Gasteiger partial charge >= 0.3 is 0 Å². The van der Waals surface area contributed by atoms with Gasteiger partial charge in [0.15, 0.2) is 0 Å². The Kier molecular flexibility index (Phi) is 3.48. The molecule has 0 aliphatic rings. The number of imidazole rings is 1. The number of aryl methyl sites for hydroxylation is 1. The number of amides is 1. The molecule has 1 amide bonds. The van der Waals surface area contributed by atoms with E-state index >= 15 is 0 Å². The molecule has 0 aliphatic carbocycles. The van der Waals surface area contributed by atoms with Crippen molar-refractivity contribution in [2.24, 2.45) is 0 Å². The van der Waals surface area contributed by atoms with Gasteiger partial charge in [0.2, 0.25) is 0 Å². The number of aliphatic hydroxyl groups is 1. The van der Waals surface area contributed by atoms with E-state index in [0.717, 1.165) is 5.69 Å². The van der Waals surface area contributed by atoms with Crippen molar-refractivity contribution in [2.75, 3.05) is 13.2 Å². The van der Waals surface area contributed by atoms with Crippen LogP contribution in [0.15, 0.2) is 24.4 Å². The molecule has 19 heavy (non-hydrogen) atoms. The number of alkyl halides is 2. The van der Waals surface area contributed by atoms with Crippen molar-refractivity contribution < 1.29 is 18.7 Å². The Morgan fingerprint density at radius 2 is 2.26 bits per heavy atom. The highest BCUT2D eigenvalue weighted by atomic mass is 19.3. The second-order valence-electron chi connectivity index (χ2n) is 4.22. The van der Waals surface area contributed by atoms with E-state index in [2.05, 4.69) is 4.98 Å². The highest BCUT2D eigenvalue weighted by molar-refractivity contribution is 5.92. The lowest BCUT2D eigenvalue weighted by Gasteiger charge is -2.12. The average molecular weight is 269 g/mol. The van der Waals surface area contributed by atoms with E-state index in [1.807, 2.05) is 18.3 Å². The van der Waals surface area contributed by atoms with Crippen LogP contribution in [0.2, 0.25) is 0 Å². The Labute approximate surface area is 107 Å². The standard InChI is InChI=1S/C12H13F2N3O2/c1-8-3-2-4-10-16-9(5-17(8)10)11(19)15-6-12(13,14)7-18/h2-5,18H,6-7H2,1H3,(H,15,19). The first-order valence-corrected chi connectivity index (χ1v) is 5.64. The normalized spacial score (nSPS) is 11.8. The molecule has 0 saturated heterocycles. The van der Waals surface area contributed by atoms with Gasteiger partial charge in [-0.25, -0.2) is 13.8 Å². The number of aliphatic hydroxyl groups excluding tert-OH is 1. The summed E-state index contributed by atoms with van der Waals surface area (Å²) in [7, 11) is 0. The first-order chi connectivity index (χ1) is 8.93. The molecule has 0 spiro atoms. The molecule has 0 saturated carbocycles. The molecule has 0 unspecified atom stereocenters. The fourth-order valence-electron chi connectivity index (χ4n) is 1.61. The van der Waals surface area contributed by atoms with Crippen LogP contribution in [-0.4, -0.2) is 39.5 Å². The SMILES string of the molecule is Cc1cccc2nc(C(=O)NCC(F)(F)CO)cn12. The molecule has 0 aromatic carbocycles. The fourth-order valence-corrected chi connectivity index (χ4v) is 1.61. The molecule has 2 rings (SSSR count). The van der Waals surface area contributed by atoms with Crippen molar-refractivity contribution in [1.29, 1.82) is 0 Å². The number of fused-ring (bicyclic) bond motifs is 1. The summed E-state index contributed by atoms with van der Waals surface area (Å²) in [6, 6.07) is 5.35. The van der Waals surface area contributed by atoms with Gasteiger partial charge < -0.3 is 14.8 Å². The number of hydrogen-bond acceptors (Lipinski definition) is 3. The molecule has 0 aliphatic heterocycles. The van der Waals surface area contributed by atoms with Crippen LogP contribution in [0, 0.1) is 6.92 Å². The van der Waals surface area contributed by atoms with Crippen molar-refractivity contribution in [3.63, 3.8) is 0 Å². The number of halogens is 2. The molecule has 102 valence electrons. The highest BCUT2D eigenvalue weighted by Crippen LogP contribution is 2.11. The second-order valence-corrected chi connectivity index (χ2v) is 4.22. The molecule has 2 aromatic rings. The maximum absolute atomic E-state index is 12.8. The summed E-state index contributed by atoms with van der Waals surface area (Å²) in [6.07, 6.45) is 1.48.